The maximum absolute atomic E-state index is 5.74. The van der Waals surface area contributed by atoms with E-state index in [1.807, 2.05) is 12.5 Å². The third kappa shape index (κ3) is 4.57. The second kappa shape index (κ2) is 11.9. The van der Waals surface area contributed by atoms with E-state index in [1.54, 1.807) is 0 Å². The molecule has 0 atom stereocenters. The van der Waals surface area contributed by atoms with E-state index in [1.165, 1.54) is 101 Å². The van der Waals surface area contributed by atoms with Gasteiger partial charge in [0.05, 0.1) is 0 Å². The van der Waals surface area contributed by atoms with E-state index in [2.05, 4.69) is 171 Å². The third-order valence-corrected chi connectivity index (χ3v) is 13.5. The first-order valence-corrected chi connectivity index (χ1v) is 19.9. The zero-order valence-electron chi connectivity index (χ0n) is 29.1. The van der Waals surface area contributed by atoms with E-state index in [4.69, 9.17) is 4.42 Å². The Labute approximate surface area is 313 Å². The fourth-order valence-electron chi connectivity index (χ4n) is 8.87. The second-order valence-electron chi connectivity index (χ2n) is 14.0. The van der Waals surface area contributed by atoms with Gasteiger partial charge < -0.3 is 0 Å². The molecule has 2 heteroatoms. The van der Waals surface area contributed by atoms with E-state index < -0.39 is 0 Å². The predicted octanol–water partition coefficient (Wildman–Crippen LogP) is 14.2. The molecule has 11 rings (SSSR count). The molecule has 53 heavy (non-hydrogen) atoms. The molecule has 0 unspecified atom stereocenters. The Morgan fingerprint density at radius 2 is 0.849 bits per heavy atom. The molecule has 0 aliphatic carbocycles. The summed E-state index contributed by atoms with van der Waals surface area (Å²) >= 11 is 0.208. The molecule has 2 aromatic heterocycles. The zero-order chi connectivity index (χ0) is 35.0. The summed E-state index contributed by atoms with van der Waals surface area (Å²) in [5, 5.41) is 12.9. The molecule has 0 bridgehead atoms. The molecule has 0 spiro atoms. The van der Waals surface area contributed by atoms with Crippen molar-refractivity contribution in [1.82, 2.24) is 0 Å². The van der Waals surface area contributed by atoms with Crippen molar-refractivity contribution >= 4 is 76.9 Å². The number of benzene rings is 9. The van der Waals surface area contributed by atoms with Crippen LogP contribution in [-0.2, 0) is 0 Å². The van der Waals surface area contributed by atoms with Gasteiger partial charge in [0.1, 0.15) is 0 Å². The first-order valence-electron chi connectivity index (χ1n) is 18.2. The van der Waals surface area contributed by atoms with Gasteiger partial charge in [-0.1, -0.05) is 0 Å². The summed E-state index contributed by atoms with van der Waals surface area (Å²) < 4.78 is 8.63. The van der Waals surface area contributed by atoms with Crippen LogP contribution in [0, 0.1) is 6.92 Å². The Morgan fingerprint density at radius 1 is 0.358 bits per heavy atom. The van der Waals surface area contributed by atoms with Gasteiger partial charge in [-0.05, 0) is 0 Å². The Bertz CT molecular complexity index is 3120. The molecular weight excluding hydrogens is 708 g/mol. The van der Waals surface area contributed by atoms with Crippen LogP contribution in [0.5, 0.6) is 0 Å². The van der Waals surface area contributed by atoms with E-state index in [9.17, 15) is 0 Å². The third-order valence-electron chi connectivity index (χ3n) is 11.1. The van der Waals surface area contributed by atoms with E-state index in [0.29, 0.717) is 0 Å². The van der Waals surface area contributed by atoms with Crippen molar-refractivity contribution in [2.24, 2.45) is 0 Å². The molecule has 248 valence electrons. The molecule has 9 aromatic carbocycles. The van der Waals surface area contributed by atoms with Crippen LogP contribution in [0.25, 0.3) is 107 Å². The van der Waals surface area contributed by atoms with Gasteiger partial charge in [0, 0.05) is 0 Å². The van der Waals surface area contributed by atoms with Gasteiger partial charge in [-0.25, -0.2) is 0 Å². The molecule has 0 radical (unpaired) electrons. The zero-order valence-corrected chi connectivity index (χ0v) is 30.8. The van der Waals surface area contributed by atoms with Gasteiger partial charge in [-0.2, -0.15) is 0 Å². The summed E-state index contributed by atoms with van der Waals surface area (Å²) in [6.07, 6.45) is 3.76. The quantitative estimate of drug-likeness (QED) is 0.129. The molecule has 11 aromatic rings. The van der Waals surface area contributed by atoms with Crippen molar-refractivity contribution in [3.8, 4) is 44.5 Å². The van der Waals surface area contributed by atoms with Gasteiger partial charge >= 0.3 is 315 Å². The van der Waals surface area contributed by atoms with Crippen molar-refractivity contribution in [2.75, 3.05) is 0 Å². The average Bonchev–Trinajstić information content (AvgIpc) is 3.81. The van der Waals surface area contributed by atoms with Gasteiger partial charge in [0.2, 0.25) is 0 Å². The molecule has 0 saturated carbocycles. The van der Waals surface area contributed by atoms with Crippen molar-refractivity contribution in [3.63, 3.8) is 0 Å². The minimum absolute atomic E-state index is 0.208. The SMILES string of the molecule is Cc1cocc1-c1c2ccccc2c(-c2cccc3[se]c4ccc(-c5c6ccccc6c(-c6ccccc6)c6ccccc56)cc4c23)c2ccccc12. The van der Waals surface area contributed by atoms with E-state index in [0.717, 1.165) is 11.1 Å². The molecule has 0 fully saturated rings. The van der Waals surface area contributed by atoms with Crippen LogP contribution in [0.15, 0.2) is 181 Å². The number of aryl methyl sites for hydroxylation is 1. The number of hydrogen-bond donors (Lipinski definition) is 0. The van der Waals surface area contributed by atoms with Crippen molar-refractivity contribution < 1.29 is 4.42 Å². The summed E-state index contributed by atoms with van der Waals surface area (Å²) in [4.78, 5) is 0. The van der Waals surface area contributed by atoms with Crippen molar-refractivity contribution in [2.45, 2.75) is 6.92 Å². The molecule has 1 nitrogen and oxygen atoms in total. The van der Waals surface area contributed by atoms with Crippen LogP contribution >= 0.6 is 0 Å². The van der Waals surface area contributed by atoms with Crippen LogP contribution in [0.3, 0.4) is 0 Å². The fourth-order valence-corrected chi connectivity index (χ4v) is 11.2. The average molecular weight is 740 g/mol. The number of hydrogen-bond acceptors (Lipinski definition) is 1. The first-order chi connectivity index (χ1) is 26.2. The van der Waals surface area contributed by atoms with Gasteiger partial charge in [-0.15, -0.1) is 0 Å². The van der Waals surface area contributed by atoms with Crippen molar-refractivity contribution in [3.05, 3.63) is 182 Å². The molecule has 0 N–H and O–H groups in total. The summed E-state index contributed by atoms with van der Waals surface area (Å²) in [5.41, 5.74) is 11.2. The van der Waals surface area contributed by atoms with Crippen LogP contribution in [0.2, 0.25) is 0 Å². The molecule has 2 heterocycles. The molecule has 0 aliphatic rings. The number of furan rings is 1. The fraction of sp³-hybridized carbons (Fsp3) is 0.0196. The van der Waals surface area contributed by atoms with E-state index in [-0.39, 0.29) is 14.5 Å². The topological polar surface area (TPSA) is 13.1 Å². The van der Waals surface area contributed by atoms with Crippen LogP contribution in [0.4, 0.5) is 0 Å². The van der Waals surface area contributed by atoms with Crippen molar-refractivity contribution in [1.29, 1.82) is 0 Å². The summed E-state index contributed by atoms with van der Waals surface area (Å²) in [5.74, 6) is 0. The summed E-state index contributed by atoms with van der Waals surface area (Å²) in [7, 11) is 0. The predicted molar refractivity (Wildman–Crippen MR) is 227 cm³/mol. The number of fused-ring (bicyclic) bond motifs is 7. The van der Waals surface area contributed by atoms with E-state index >= 15 is 0 Å². The molecule has 0 aliphatic heterocycles. The first kappa shape index (κ1) is 30.4. The monoisotopic (exact) mass is 740 g/mol. The Balaban J connectivity index is 1.23. The van der Waals surface area contributed by atoms with Gasteiger partial charge in [-0.3, -0.25) is 0 Å². The van der Waals surface area contributed by atoms with Crippen LogP contribution < -0.4 is 0 Å². The number of rotatable bonds is 4. The molecular formula is C51H32OSe. The van der Waals surface area contributed by atoms with Crippen LogP contribution in [-0.4, -0.2) is 14.5 Å². The Morgan fingerprint density at radius 3 is 1.38 bits per heavy atom. The van der Waals surface area contributed by atoms with Gasteiger partial charge in [0.15, 0.2) is 0 Å². The van der Waals surface area contributed by atoms with Gasteiger partial charge in [0.25, 0.3) is 0 Å². The molecule has 0 saturated heterocycles. The Kier molecular flexibility index (Phi) is 6.86. The standard InChI is InChI=1S/C51H32OSe/c1-31-29-52-30-44(31)50-40-22-11-9-20-38(40)49(39-21-10-12-23-41(39)50)42-24-13-25-46-51(42)43-28-33(26-27-45(43)53-46)48-36-18-7-5-16-34(36)47(32-14-3-2-4-15-32)35-17-6-8-19-37(35)48/h2-30H,1H3. The minimum atomic E-state index is 0.208. The maximum atomic E-state index is 5.74. The van der Waals surface area contributed by atoms with Crippen LogP contribution in [0.1, 0.15) is 5.56 Å². The summed E-state index contributed by atoms with van der Waals surface area (Å²) in [6.45, 7) is 2.14. The second-order valence-corrected chi connectivity index (χ2v) is 16.3. The molecule has 0 amide bonds. The Hall–Kier alpha value is -6.18. The normalized spacial score (nSPS) is 11.9. The summed E-state index contributed by atoms with van der Waals surface area (Å²) in [6, 6.07) is 60.9.